The Labute approximate surface area is 162 Å². The summed E-state index contributed by atoms with van der Waals surface area (Å²) in [6.07, 6.45) is 0.456. The number of carbonyl (C=O) groups is 2. The largest absolute Gasteiger partial charge is 0.479 e. The summed E-state index contributed by atoms with van der Waals surface area (Å²) < 4.78 is 31.9. The van der Waals surface area contributed by atoms with Gasteiger partial charge in [-0.2, -0.15) is 0 Å². The second kappa shape index (κ2) is 5.51. The number of aliphatic hydroxyl groups excluding tert-OH is 1. The van der Waals surface area contributed by atoms with Crippen molar-refractivity contribution in [1.82, 2.24) is 0 Å². The number of hydrogen-bond donors (Lipinski definition) is 3. The fourth-order valence-electron chi connectivity index (χ4n) is 6.97. The lowest BCUT2D eigenvalue weighted by Gasteiger charge is -2.61. The van der Waals surface area contributed by atoms with Crippen LogP contribution in [0.25, 0.3) is 0 Å². The van der Waals surface area contributed by atoms with Crippen molar-refractivity contribution in [3.05, 3.63) is 23.6 Å². The predicted molar refractivity (Wildman–Crippen MR) is 95.5 cm³/mol. The molecule has 4 rings (SSSR count). The van der Waals surface area contributed by atoms with Crippen molar-refractivity contribution in [3.63, 3.8) is 0 Å². The van der Waals surface area contributed by atoms with E-state index in [4.69, 9.17) is 0 Å². The molecule has 8 atom stereocenters. The van der Waals surface area contributed by atoms with E-state index in [9.17, 15) is 24.9 Å². The third-order valence-corrected chi connectivity index (χ3v) is 8.57. The zero-order valence-corrected chi connectivity index (χ0v) is 16.2. The Kier molecular flexibility index (Phi) is 3.88. The molecule has 5 nitrogen and oxygen atoms in total. The van der Waals surface area contributed by atoms with Crippen LogP contribution in [0.1, 0.15) is 46.5 Å². The van der Waals surface area contributed by atoms with E-state index < -0.39 is 57.8 Å². The van der Waals surface area contributed by atoms with Crippen LogP contribution in [0, 0.1) is 28.6 Å². The molecule has 0 saturated heterocycles. The maximum Gasteiger partial charge on any atom is 0.336 e. The second-order valence-corrected chi connectivity index (χ2v) is 9.59. The Hall–Kier alpha value is -1.60. The zero-order chi connectivity index (χ0) is 20.9. The fourth-order valence-corrected chi connectivity index (χ4v) is 6.97. The number of fused-ring (bicyclic) bond motifs is 5. The third kappa shape index (κ3) is 1.92. The van der Waals surface area contributed by atoms with Crippen LogP contribution in [-0.4, -0.2) is 44.4 Å². The minimum absolute atomic E-state index is 0.0703. The topological polar surface area (TPSA) is 94.8 Å². The van der Waals surface area contributed by atoms with E-state index >= 15 is 8.78 Å². The van der Waals surface area contributed by atoms with Crippen LogP contribution in [0.2, 0.25) is 0 Å². The molecular weight excluding hydrogens is 370 g/mol. The van der Waals surface area contributed by atoms with E-state index in [-0.39, 0.29) is 37.0 Å². The molecule has 0 aromatic heterocycles. The van der Waals surface area contributed by atoms with E-state index in [1.54, 1.807) is 13.8 Å². The van der Waals surface area contributed by atoms with Gasteiger partial charge in [-0.25, -0.2) is 13.6 Å². The third-order valence-electron chi connectivity index (χ3n) is 8.57. The number of hydrogen-bond acceptors (Lipinski definition) is 4. The van der Waals surface area contributed by atoms with E-state index in [0.29, 0.717) is 0 Å². The molecule has 0 radical (unpaired) electrons. The van der Waals surface area contributed by atoms with E-state index in [2.05, 4.69) is 0 Å². The summed E-state index contributed by atoms with van der Waals surface area (Å²) in [5.41, 5.74) is -7.08. The van der Waals surface area contributed by atoms with Gasteiger partial charge in [-0.15, -0.1) is 0 Å². The summed E-state index contributed by atoms with van der Waals surface area (Å²) in [5, 5.41) is 31.8. The van der Waals surface area contributed by atoms with Gasteiger partial charge >= 0.3 is 5.97 Å². The van der Waals surface area contributed by atoms with Crippen LogP contribution in [0.15, 0.2) is 23.6 Å². The highest BCUT2D eigenvalue weighted by Crippen LogP contribution is 2.70. The van der Waals surface area contributed by atoms with Crippen molar-refractivity contribution in [2.45, 2.75) is 63.8 Å². The molecule has 0 aliphatic heterocycles. The summed E-state index contributed by atoms with van der Waals surface area (Å²) in [4.78, 5) is 23.8. The lowest BCUT2D eigenvalue weighted by atomic mass is 9.45. The van der Waals surface area contributed by atoms with Crippen LogP contribution in [0.3, 0.4) is 0 Å². The van der Waals surface area contributed by atoms with E-state index in [0.717, 1.165) is 0 Å². The first kappa shape index (κ1) is 19.7. The first-order valence-corrected chi connectivity index (χ1v) is 9.76. The summed E-state index contributed by atoms with van der Waals surface area (Å²) in [5.74, 6) is -4.55. The Balaban J connectivity index is 1.91. The molecule has 28 heavy (non-hydrogen) atoms. The van der Waals surface area contributed by atoms with Crippen molar-refractivity contribution in [1.29, 1.82) is 0 Å². The molecule has 2 saturated carbocycles. The number of carboxylic acids is 1. The molecule has 0 aromatic rings. The van der Waals surface area contributed by atoms with Crippen LogP contribution in [-0.2, 0) is 9.59 Å². The maximum atomic E-state index is 16.8. The highest BCUT2D eigenvalue weighted by Gasteiger charge is 2.76. The average Bonchev–Trinajstić information content (AvgIpc) is 2.81. The van der Waals surface area contributed by atoms with Crippen molar-refractivity contribution in [2.24, 2.45) is 28.6 Å². The fraction of sp³-hybridized carbons (Fsp3) is 0.714. The Morgan fingerprint density at radius 3 is 2.54 bits per heavy atom. The highest BCUT2D eigenvalue weighted by molar-refractivity contribution is 5.93. The molecule has 7 heteroatoms. The summed E-state index contributed by atoms with van der Waals surface area (Å²) in [6, 6.07) is 0. The minimum atomic E-state index is -2.25. The molecule has 0 spiro atoms. The van der Waals surface area contributed by atoms with Crippen molar-refractivity contribution >= 4 is 11.8 Å². The quantitative estimate of drug-likeness (QED) is 0.634. The molecule has 2 fully saturated rings. The number of halogens is 2. The van der Waals surface area contributed by atoms with Crippen molar-refractivity contribution in [3.8, 4) is 0 Å². The molecule has 0 bridgehead atoms. The van der Waals surface area contributed by atoms with Crippen LogP contribution in [0.4, 0.5) is 8.78 Å². The highest BCUT2D eigenvalue weighted by atomic mass is 19.1. The summed E-state index contributed by atoms with van der Waals surface area (Å²) in [7, 11) is 0. The molecule has 4 aliphatic carbocycles. The van der Waals surface area contributed by atoms with Gasteiger partial charge < -0.3 is 15.3 Å². The van der Waals surface area contributed by atoms with E-state index in [1.807, 2.05) is 0 Å². The number of alkyl halides is 1. The van der Waals surface area contributed by atoms with Crippen molar-refractivity contribution < 1.29 is 33.7 Å². The molecule has 1 unspecified atom stereocenters. The van der Waals surface area contributed by atoms with Gasteiger partial charge in [0.15, 0.2) is 17.1 Å². The molecule has 0 amide bonds. The summed E-state index contributed by atoms with van der Waals surface area (Å²) in [6.45, 7) is 4.67. The lowest BCUT2D eigenvalue weighted by molar-refractivity contribution is -0.223. The number of carboxylic acid groups (broad SMARTS) is 1. The molecular formula is C21H26F2O5. The number of rotatable bonds is 1. The average molecular weight is 396 g/mol. The first-order chi connectivity index (χ1) is 12.8. The number of carbonyl (C=O) groups excluding carboxylic acids is 1. The smallest absolute Gasteiger partial charge is 0.336 e. The number of allylic oxidation sites excluding steroid dienone is 4. The Bertz CT molecular complexity index is 837. The monoisotopic (exact) mass is 396 g/mol. The summed E-state index contributed by atoms with van der Waals surface area (Å²) >= 11 is 0. The molecule has 0 aromatic carbocycles. The number of aliphatic hydroxyl groups is 2. The normalized spacial score (nSPS) is 52.9. The van der Waals surface area contributed by atoms with Crippen LogP contribution in [0.5, 0.6) is 0 Å². The van der Waals surface area contributed by atoms with Gasteiger partial charge in [0.25, 0.3) is 0 Å². The minimum Gasteiger partial charge on any atom is -0.479 e. The second-order valence-electron chi connectivity index (χ2n) is 9.59. The van der Waals surface area contributed by atoms with Gasteiger partial charge in [-0.3, -0.25) is 4.79 Å². The van der Waals surface area contributed by atoms with Gasteiger partial charge in [0.05, 0.1) is 6.10 Å². The van der Waals surface area contributed by atoms with Crippen LogP contribution < -0.4 is 0 Å². The number of ketones is 1. The Morgan fingerprint density at radius 2 is 1.93 bits per heavy atom. The van der Waals surface area contributed by atoms with Gasteiger partial charge in [-0.1, -0.05) is 19.9 Å². The van der Waals surface area contributed by atoms with Crippen LogP contribution >= 0.6 is 0 Å². The van der Waals surface area contributed by atoms with E-state index in [1.165, 1.54) is 19.1 Å². The van der Waals surface area contributed by atoms with Gasteiger partial charge in [0, 0.05) is 29.6 Å². The Morgan fingerprint density at radius 1 is 1.29 bits per heavy atom. The van der Waals surface area contributed by atoms with Gasteiger partial charge in [0.1, 0.15) is 5.83 Å². The van der Waals surface area contributed by atoms with Crippen molar-refractivity contribution in [2.75, 3.05) is 0 Å². The standard InChI is InChI=1S/C21H26F2O5/c1-10-6-12-13-8-15(22)14-7-11(24)4-5-18(14,2)20(13,23)16(25)9-19(12,3)21(10,28)17(26)27/h4-5,10,12-13,16,25,28H,6-9H2,1-3H3,(H,26,27)/t10-,12+,13?,16+,18+,19+,20+,21+/m1/s1. The molecule has 154 valence electrons. The van der Waals surface area contributed by atoms with Gasteiger partial charge in [0.2, 0.25) is 0 Å². The SMILES string of the molecule is C[C@@H]1C[C@H]2C3CC(F)=C4CC(=O)C=C[C@]4(C)[C@@]3(F)[C@@H](O)C[C@]2(C)[C@@]1(O)C(=O)O. The molecule has 0 heterocycles. The van der Waals surface area contributed by atoms with Gasteiger partial charge in [-0.05, 0) is 43.3 Å². The first-order valence-electron chi connectivity index (χ1n) is 9.76. The lowest BCUT2D eigenvalue weighted by Crippen LogP contribution is -2.69. The zero-order valence-electron chi connectivity index (χ0n) is 16.2. The predicted octanol–water partition coefficient (Wildman–Crippen LogP) is 2.72. The maximum absolute atomic E-state index is 16.8. The molecule has 4 aliphatic rings. The molecule has 3 N–H and O–H groups in total. The number of aliphatic carboxylic acids is 1.